The minimum absolute atomic E-state index is 0.489. The minimum Gasteiger partial charge on any atom is -0.379 e. The third kappa shape index (κ3) is 7.84. The lowest BCUT2D eigenvalue weighted by Crippen LogP contribution is -2.24. The zero-order valence-corrected chi connectivity index (χ0v) is 6.59. The van der Waals surface area contributed by atoms with Crippen LogP contribution in [0.4, 0.5) is 0 Å². The van der Waals surface area contributed by atoms with E-state index in [-0.39, 0.29) is 0 Å². The van der Waals surface area contributed by atoms with Crippen molar-refractivity contribution in [3.05, 3.63) is 0 Å². The maximum Gasteiger partial charge on any atom is 0.0932 e. The Morgan fingerprint density at radius 2 is 2.10 bits per heavy atom. The monoisotopic (exact) mass is 148 g/mol. The first-order valence-electron chi connectivity index (χ1n) is 3.42. The number of nitrogens with one attached hydrogen (secondary N) is 1. The summed E-state index contributed by atoms with van der Waals surface area (Å²) < 4.78 is 5.18. The summed E-state index contributed by atoms with van der Waals surface area (Å²) in [5.74, 6) is 5.42. The molecule has 0 aromatic carbocycles. The first kappa shape index (κ1) is 9.84. The van der Waals surface area contributed by atoms with E-state index in [1.54, 1.807) is 0 Å². The molecular weight excluding hydrogens is 132 g/mol. The molecule has 0 aromatic heterocycles. The molecule has 0 radical (unpaired) electrons. The summed E-state index contributed by atoms with van der Waals surface area (Å²) in [6, 6.07) is 0. The number of ether oxygens (including phenoxy) is 1. The Labute approximate surface area is 61.6 Å². The van der Waals surface area contributed by atoms with Gasteiger partial charge in [0.1, 0.15) is 0 Å². The van der Waals surface area contributed by atoms with Gasteiger partial charge in [-0.05, 0) is 5.92 Å². The summed E-state index contributed by atoms with van der Waals surface area (Å²) in [5.41, 5.74) is 2.08. The van der Waals surface area contributed by atoms with Crippen molar-refractivity contribution in [2.45, 2.75) is 13.8 Å². The van der Waals surface area contributed by atoms with Gasteiger partial charge < -0.3 is 4.74 Å². The quantitative estimate of drug-likeness (QED) is 0.317. The van der Waals surface area contributed by atoms with E-state index in [0.717, 1.165) is 6.61 Å². The van der Waals surface area contributed by atoms with E-state index >= 15 is 0 Å². The van der Waals surface area contributed by atoms with Crippen molar-refractivity contribution in [1.29, 1.82) is 0 Å². The lowest BCUT2D eigenvalue weighted by atomic mass is 10.2. The first-order chi connectivity index (χ1) is 4.77. The topological polar surface area (TPSA) is 56.5 Å². The predicted octanol–water partition coefficient (Wildman–Crippen LogP) is 0.0539. The van der Waals surface area contributed by atoms with Gasteiger partial charge in [-0.1, -0.05) is 13.8 Å². The van der Waals surface area contributed by atoms with Crippen LogP contribution in [0.25, 0.3) is 0 Å². The molecule has 0 atom stereocenters. The van der Waals surface area contributed by atoms with Crippen molar-refractivity contribution < 1.29 is 9.57 Å². The Hall–Kier alpha value is -0.160. The molecule has 3 N–H and O–H groups in total. The van der Waals surface area contributed by atoms with Gasteiger partial charge in [0.15, 0.2) is 0 Å². The van der Waals surface area contributed by atoms with Crippen LogP contribution in [0.15, 0.2) is 0 Å². The Morgan fingerprint density at radius 3 is 2.60 bits per heavy atom. The van der Waals surface area contributed by atoms with Crippen molar-refractivity contribution in [1.82, 2.24) is 5.59 Å². The smallest absolute Gasteiger partial charge is 0.0932 e. The summed E-state index contributed by atoms with van der Waals surface area (Å²) in [6.07, 6.45) is 0. The molecule has 0 unspecified atom stereocenters. The zero-order chi connectivity index (χ0) is 7.82. The predicted molar refractivity (Wildman–Crippen MR) is 38.9 cm³/mol. The van der Waals surface area contributed by atoms with Crippen LogP contribution in [-0.4, -0.2) is 19.8 Å². The van der Waals surface area contributed by atoms with E-state index < -0.39 is 0 Å². The van der Waals surface area contributed by atoms with Gasteiger partial charge in [0.2, 0.25) is 0 Å². The number of hydrogen-bond donors (Lipinski definition) is 2. The number of hydrogen-bond acceptors (Lipinski definition) is 4. The highest BCUT2D eigenvalue weighted by Crippen LogP contribution is 1.90. The maximum atomic E-state index is 5.18. The van der Waals surface area contributed by atoms with Gasteiger partial charge >= 0.3 is 0 Å². The SMILES string of the molecule is CC(C)COCCONN. The van der Waals surface area contributed by atoms with E-state index in [1.165, 1.54) is 0 Å². The molecule has 0 bridgehead atoms. The molecule has 0 saturated heterocycles. The molecular formula is C6H16N2O2. The van der Waals surface area contributed by atoms with Crippen LogP contribution >= 0.6 is 0 Å². The van der Waals surface area contributed by atoms with Crippen LogP contribution < -0.4 is 11.4 Å². The summed E-state index contributed by atoms with van der Waals surface area (Å²) >= 11 is 0. The van der Waals surface area contributed by atoms with Crippen molar-refractivity contribution in [2.24, 2.45) is 11.8 Å². The van der Waals surface area contributed by atoms with E-state index in [4.69, 9.17) is 10.6 Å². The second kappa shape index (κ2) is 6.95. The standard InChI is InChI=1S/C6H16N2O2/c1-6(2)5-9-3-4-10-8-7/h6,8H,3-5,7H2,1-2H3. The number of nitrogens with two attached hydrogens (primary N) is 1. The average Bonchev–Trinajstić information content (AvgIpc) is 1.87. The van der Waals surface area contributed by atoms with Gasteiger partial charge in [-0.3, -0.25) is 4.84 Å². The van der Waals surface area contributed by atoms with Crippen LogP contribution in [0.2, 0.25) is 0 Å². The molecule has 0 aliphatic carbocycles. The summed E-state index contributed by atoms with van der Waals surface area (Å²) in [4.78, 5) is 4.62. The fourth-order valence-electron chi connectivity index (χ4n) is 0.479. The van der Waals surface area contributed by atoms with Crippen LogP contribution in [-0.2, 0) is 9.57 Å². The Balaban J connectivity index is 2.77. The lowest BCUT2D eigenvalue weighted by Gasteiger charge is -2.05. The largest absolute Gasteiger partial charge is 0.379 e. The fraction of sp³-hybridized carbons (Fsp3) is 1.00. The van der Waals surface area contributed by atoms with Crippen molar-refractivity contribution in [3.8, 4) is 0 Å². The highest BCUT2D eigenvalue weighted by Gasteiger charge is 1.92. The van der Waals surface area contributed by atoms with Gasteiger partial charge in [0.05, 0.1) is 13.2 Å². The van der Waals surface area contributed by atoms with Gasteiger partial charge in [-0.25, -0.2) is 5.84 Å². The summed E-state index contributed by atoms with van der Waals surface area (Å²) in [7, 11) is 0. The fourth-order valence-corrected chi connectivity index (χ4v) is 0.479. The molecule has 0 fully saturated rings. The molecule has 0 aliphatic heterocycles. The third-order valence-electron chi connectivity index (χ3n) is 0.864. The van der Waals surface area contributed by atoms with Crippen LogP contribution in [0.5, 0.6) is 0 Å². The molecule has 4 nitrogen and oxygen atoms in total. The van der Waals surface area contributed by atoms with Crippen molar-refractivity contribution in [2.75, 3.05) is 19.8 Å². The van der Waals surface area contributed by atoms with E-state index in [9.17, 15) is 0 Å². The molecule has 4 heteroatoms. The Kier molecular flexibility index (Phi) is 6.84. The van der Waals surface area contributed by atoms with E-state index in [2.05, 4.69) is 24.3 Å². The van der Waals surface area contributed by atoms with Gasteiger partial charge in [0, 0.05) is 6.61 Å². The first-order valence-corrected chi connectivity index (χ1v) is 3.42. The highest BCUT2D eigenvalue weighted by molar-refractivity contribution is 4.38. The molecule has 0 aliphatic rings. The lowest BCUT2D eigenvalue weighted by molar-refractivity contribution is -0.00974. The van der Waals surface area contributed by atoms with Crippen molar-refractivity contribution >= 4 is 0 Å². The van der Waals surface area contributed by atoms with Gasteiger partial charge in [-0.2, -0.15) is 0 Å². The molecule has 0 saturated carbocycles. The second-order valence-electron chi connectivity index (χ2n) is 2.44. The maximum absolute atomic E-state index is 5.18. The average molecular weight is 148 g/mol. The van der Waals surface area contributed by atoms with Crippen LogP contribution in [0.1, 0.15) is 13.8 Å². The molecule has 0 spiro atoms. The van der Waals surface area contributed by atoms with Gasteiger partial charge in [-0.15, -0.1) is 5.59 Å². The third-order valence-corrected chi connectivity index (χ3v) is 0.864. The Bertz CT molecular complexity index is 68.8. The second-order valence-corrected chi connectivity index (χ2v) is 2.44. The molecule has 62 valence electrons. The van der Waals surface area contributed by atoms with Gasteiger partial charge in [0.25, 0.3) is 0 Å². The zero-order valence-electron chi connectivity index (χ0n) is 6.59. The Morgan fingerprint density at radius 1 is 1.40 bits per heavy atom. The normalized spacial score (nSPS) is 10.8. The van der Waals surface area contributed by atoms with E-state index in [0.29, 0.717) is 19.1 Å². The molecule has 0 amide bonds. The molecule has 0 aromatic rings. The number of hydrazine groups is 1. The minimum atomic E-state index is 0.489. The molecule has 10 heavy (non-hydrogen) atoms. The van der Waals surface area contributed by atoms with Crippen LogP contribution in [0, 0.1) is 5.92 Å². The highest BCUT2D eigenvalue weighted by atomic mass is 16.7. The summed E-state index contributed by atoms with van der Waals surface area (Å²) in [6.45, 7) is 6.05. The van der Waals surface area contributed by atoms with Crippen molar-refractivity contribution in [3.63, 3.8) is 0 Å². The summed E-state index contributed by atoms with van der Waals surface area (Å²) in [5, 5.41) is 0. The molecule has 0 heterocycles. The van der Waals surface area contributed by atoms with E-state index in [1.807, 2.05) is 0 Å². The molecule has 0 rings (SSSR count). The van der Waals surface area contributed by atoms with Crippen LogP contribution in [0.3, 0.4) is 0 Å². The number of rotatable bonds is 6.